The normalized spacial score (nSPS) is 19.4. The van der Waals surface area contributed by atoms with Crippen molar-refractivity contribution in [3.05, 3.63) is 34.1 Å². The van der Waals surface area contributed by atoms with Crippen LogP contribution in [0.1, 0.15) is 32.3 Å². The number of carbonyl (C=O) groups excluding carboxylic acids is 1. The number of aliphatic hydroxyl groups is 1. The minimum Gasteiger partial charge on any atom is -0.388 e. The molecule has 1 amide bonds. The fourth-order valence-corrected chi connectivity index (χ4v) is 3.15. The Morgan fingerprint density at radius 3 is 2.85 bits per heavy atom. The molecule has 1 aliphatic heterocycles. The summed E-state index contributed by atoms with van der Waals surface area (Å²) in [6.07, 6.45) is 1.96. The maximum Gasteiger partial charge on any atom is 0.227 e. The van der Waals surface area contributed by atoms with Crippen LogP contribution in [0.5, 0.6) is 0 Å². The van der Waals surface area contributed by atoms with Crippen LogP contribution in [0.15, 0.2) is 22.7 Å². The molecule has 1 fully saturated rings. The van der Waals surface area contributed by atoms with Crippen molar-refractivity contribution in [1.82, 2.24) is 4.90 Å². The summed E-state index contributed by atoms with van der Waals surface area (Å²) < 4.78 is 13.5. The van der Waals surface area contributed by atoms with Gasteiger partial charge in [0.25, 0.3) is 0 Å². The van der Waals surface area contributed by atoms with Crippen LogP contribution in [-0.2, 0) is 11.2 Å². The second-order valence-corrected chi connectivity index (χ2v) is 6.68. The fraction of sp³-hybridized carbons (Fsp3) is 0.533. The number of hydrogen-bond acceptors (Lipinski definition) is 2. The van der Waals surface area contributed by atoms with Gasteiger partial charge in [0.05, 0.1) is 22.5 Å². The molecule has 20 heavy (non-hydrogen) atoms. The number of rotatable bonds is 3. The lowest BCUT2D eigenvalue weighted by Gasteiger charge is -2.34. The first kappa shape index (κ1) is 15.4. The molecule has 1 heterocycles. The van der Waals surface area contributed by atoms with Gasteiger partial charge in [-0.1, -0.05) is 6.07 Å². The molecule has 1 aromatic rings. The lowest BCUT2D eigenvalue weighted by atomic mass is 9.96. The van der Waals surface area contributed by atoms with E-state index in [9.17, 15) is 14.3 Å². The lowest BCUT2D eigenvalue weighted by molar-refractivity contribution is -0.135. The van der Waals surface area contributed by atoms with E-state index in [1.165, 1.54) is 6.07 Å². The minimum absolute atomic E-state index is 0.0202. The molecule has 5 heteroatoms. The summed E-state index contributed by atoms with van der Waals surface area (Å²) in [6, 6.07) is 4.46. The Morgan fingerprint density at radius 2 is 2.25 bits per heavy atom. The van der Waals surface area contributed by atoms with Gasteiger partial charge in [0.2, 0.25) is 5.91 Å². The van der Waals surface area contributed by atoms with Crippen LogP contribution in [-0.4, -0.2) is 34.1 Å². The quantitative estimate of drug-likeness (QED) is 0.916. The summed E-state index contributed by atoms with van der Waals surface area (Å²) in [5.41, 5.74) is -0.125. The number of carbonyl (C=O) groups is 1. The van der Waals surface area contributed by atoms with Crippen LogP contribution in [0.4, 0.5) is 4.39 Å². The third kappa shape index (κ3) is 3.38. The topological polar surface area (TPSA) is 40.5 Å². The summed E-state index contributed by atoms with van der Waals surface area (Å²) >= 11 is 3.12. The minimum atomic E-state index is -0.893. The Hall–Kier alpha value is -0.940. The molecule has 0 saturated carbocycles. The molecule has 1 saturated heterocycles. The van der Waals surface area contributed by atoms with Gasteiger partial charge in [-0.05, 0) is 60.3 Å². The molecule has 1 unspecified atom stereocenters. The largest absolute Gasteiger partial charge is 0.388 e. The Balaban J connectivity index is 2.09. The first-order chi connectivity index (χ1) is 9.29. The van der Waals surface area contributed by atoms with Crippen molar-refractivity contribution in [2.24, 2.45) is 0 Å². The maximum atomic E-state index is 13.2. The zero-order valence-electron chi connectivity index (χ0n) is 11.7. The highest BCUT2D eigenvalue weighted by Crippen LogP contribution is 2.27. The van der Waals surface area contributed by atoms with E-state index in [1.54, 1.807) is 30.9 Å². The van der Waals surface area contributed by atoms with Gasteiger partial charge in [-0.15, -0.1) is 0 Å². The molecule has 0 bridgehead atoms. The van der Waals surface area contributed by atoms with E-state index in [4.69, 9.17) is 0 Å². The molecule has 3 nitrogen and oxygen atoms in total. The molecule has 1 atom stereocenters. The monoisotopic (exact) mass is 343 g/mol. The number of hydrogen-bond donors (Lipinski definition) is 1. The summed E-state index contributed by atoms with van der Waals surface area (Å²) in [7, 11) is 0. The van der Waals surface area contributed by atoms with Crippen LogP contribution < -0.4 is 0 Å². The highest BCUT2D eigenvalue weighted by atomic mass is 79.9. The van der Waals surface area contributed by atoms with E-state index < -0.39 is 5.60 Å². The van der Waals surface area contributed by atoms with Crippen LogP contribution in [0.2, 0.25) is 0 Å². The summed E-state index contributed by atoms with van der Waals surface area (Å²) in [4.78, 5) is 14.1. The molecular formula is C15H19BrFNO2. The molecule has 2 rings (SSSR count). The van der Waals surface area contributed by atoms with Crippen molar-refractivity contribution < 1.29 is 14.3 Å². The second kappa shape index (κ2) is 5.82. The van der Waals surface area contributed by atoms with Crippen LogP contribution in [0.25, 0.3) is 0 Å². The molecular weight excluding hydrogens is 325 g/mol. The van der Waals surface area contributed by atoms with Crippen molar-refractivity contribution in [3.63, 3.8) is 0 Å². The van der Waals surface area contributed by atoms with Gasteiger partial charge >= 0.3 is 0 Å². The van der Waals surface area contributed by atoms with Crippen molar-refractivity contribution >= 4 is 21.8 Å². The van der Waals surface area contributed by atoms with E-state index in [0.29, 0.717) is 11.0 Å². The summed E-state index contributed by atoms with van der Waals surface area (Å²) in [5.74, 6) is -0.357. The van der Waals surface area contributed by atoms with Crippen molar-refractivity contribution in [2.45, 2.75) is 44.8 Å². The molecule has 1 aromatic carbocycles. The molecule has 0 spiro atoms. The SMILES string of the molecule is CC(C)(O)C1CCCN1C(=O)Cc1ccc(F)c(Br)c1. The third-order valence-corrected chi connectivity index (χ3v) is 4.34. The predicted octanol–water partition coefficient (Wildman–Crippen LogP) is 2.89. The average Bonchev–Trinajstić information content (AvgIpc) is 2.83. The zero-order chi connectivity index (χ0) is 14.9. The molecule has 1 N–H and O–H groups in total. The van der Waals surface area contributed by atoms with E-state index in [1.807, 2.05) is 0 Å². The average molecular weight is 344 g/mol. The molecule has 0 aromatic heterocycles. The fourth-order valence-electron chi connectivity index (χ4n) is 2.73. The number of likely N-dealkylation sites (tertiary alicyclic amines) is 1. The maximum absolute atomic E-state index is 13.2. The van der Waals surface area contributed by atoms with Gasteiger partial charge < -0.3 is 10.0 Å². The molecule has 110 valence electrons. The number of nitrogens with zero attached hydrogens (tertiary/aromatic N) is 1. The lowest BCUT2D eigenvalue weighted by Crippen LogP contribution is -2.48. The molecule has 0 aliphatic carbocycles. The Morgan fingerprint density at radius 1 is 1.55 bits per heavy atom. The van der Waals surface area contributed by atoms with Crippen molar-refractivity contribution in [1.29, 1.82) is 0 Å². The van der Waals surface area contributed by atoms with E-state index >= 15 is 0 Å². The van der Waals surface area contributed by atoms with Crippen LogP contribution in [0.3, 0.4) is 0 Å². The second-order valence-electron chi connectivity index (χ2n) is 5.82. The Labute approximate surface area is 126 Å². The zero-order valence-corrected chi connectivity index (χ0v) is 13.3. The van der Waals surface area contributed by atoms with Gasteiger partial charge in [0.1, 0.15) is 5.82 Å². The van der Waals surface area contributed by atoms with Crippen LogP contribution >= 0.6 is 15.9 Å². The highest BCUT2D eigenvalue weighted by molar-refractivity contribution is 9.10. The predicted molar refractivity (Wildman–Crippen MR) is 78.8 cm³/mol. The Bertz CT molecular complexity index is 513. The summed E-state index contributed by atoms with van der Waals surface area (Å²) in [5, 5.41) is 10.1. The highest BCUT2D eigenvalue weighted by Gasteiger charge is 2.38. The standard InChI is InChI=1S/C15H19BrFNO2/c1-15(2,20)13-4-3-7-18(13)14(19)9-10-5-6-12(17)11(16)8-10/h5-6,8,13,20H,3-4,7,9H2,1-2H3. The van der Waals surface area contributed by atoms with Crippen molar-refractivity contribution in [2.75, 3.05) is 6.54 Å². The van der Waals surface area contributed by atoms with E-state index in [2.05, 4.69) is 15.9 Å². The number of halogens is 2. The van der Waals surface area contributed by atoms with Gasteiger partial charge in [0, 0.05) is 6.54 Å². The van der Waals surface area contributed by atoms with Gasteiger partial charge in [-0.3, -0.25) is 4.79 Å². The number of benzene rings is 1. The first-order valence-corrected chi connectivity index (χ1v) is 7.54. The van der Waals surface area contributed by atoms with Crippen LogP contribution in [0, 0.1) is 5.82 Å². The van der Waals surface area contributed by atoms with Gasteiger partial charge in [0.15, 0.2) is 0 Å². The summed E-state index contributed by atoms with van der Waals surface area (Å²) in [6.45, 7) is 4.14. The van der Waals surface area contributed by atoms with E-state index in [0.717, 1.165) is 18.4 Å². The van der Waals surface area contributed by atoms with Gasteiger partial charge in [-0.25, -0.2) is 4.39 Å². The number of amides is 1. The molecule has 0 radical (unpaired) electrons. The smallest absolute Gasteiger partial charge is 0.227 e. The molecule has 1 aliphatic rings. The Kier molecular flexibility index (Phi) is 4.49. The van der Waals surface area contributed by atoms with E-state index in [-0.39, 0.29) is 24.2 Å². The first-order valence-electron chi connectivity index (χ1n) is 6.75. The van der Waals surface area contributed by atoms with Crippen molar-refractivity contribution in [3.8, 4) is 0 Å². The third-order valence-electron chi connectivity index (χ3n) is 3.73. The van der Waals surface area contributed by atoms with Gasteiger partial charge in [-0.2, -0.15) is 0 Å².